The van der Waals surface area contributed by atoms with Crippen LogP contribution in [0.5, 0.6) is 0 Å². The number of nitrogens with zero attached hydrogens (tertiary/aromatic N) is 3. The van der Waals surface area contributed by atoms with Gasteiger partial charge in [0.15, 0.2) is 0 Å². The quantitative estimate of drug-likeness (QED) is 0.919. The van der Waals surface area contributed by atoms with Crippen molar-refractivity contribution in [3.63, 3.8) is 0 Å². The highest BCUT2D eigenvalue weighted by atomic mass is 15.3. The van der Waals surface area contributed by atoms with Crippen molar-refractivity contribution in [3.8, 4) is 0 Å². The fraction of sp³-hybridized carbons (Fsp3) is 0.500. The van der Waals surface area contributed by atoms with E-state index in [4.69, 9.17) is 0 Å². The van der Waals surface area contributed by atoms with Crippen LogP contribution in [-0.4, -0.2) is 34.3 Å². The first-order valence-electron chi connectivity index (χ1n) is 8.20. The predicted octanol–water partition coefficient (Wildman–Crippen LogP) is 3.29. The normalized spacial score (nSPS) is 16.9. The Morgan fingerprint density at radius 2 is 1.82 bits per heavy atom. The van der Waals surface area contributed by atoms with Crippen molar-refractivity contribution in [1.29, 1.82) is 0 Å². The van der Waals surface area contributed by atoms with E-state index in [1.54, 1.807) is 0 Å². The van der Waals surface area contributed by atoms with Crippen LogP contribution in [0.4, 0.5) is 5.69 Å². The van der Waals surface area contributed by atoms with Gasteiger partial charge in [0.05, 0.1) is 23.1 Å². The molecule has 0 aliphatic carbocycles. The zero-order chi connectivity index (χ0) is 15.5. The lowest BCUT2D eigenvalue weighted by atomic mass is 10.1. The molecule has 1 aromatic carbocycles. The molecule has 118 valence electrons. The first-order valence-corrected chi connectivity index (χ1v) is 8.20. The minimum Gasteiger partial charge on any atom is -0.380 e. The highest BCUT2D eigenvalue weighted by Gasteiger charge is 2.23. The highest BCUT2D eigenvalue weighted by molar-refractivity contribution is 5.52. The van der Waals surface area contributed by atoms with Gasteiger partial charge in [0.1, 0.15) is 0 Å². The van der Waals surface area contributed by atoms with Gasteiger partial charge in [-0.15, -0.1) is 0 Å². The molecule has 4 nitrogen and oxygen atoms in total. The zero-order valence-electron chi connectivity index (χ0n) is 13.8. The molecule has 4 heteroatoms. The monoisotopic (exact) mass is 298 g/mol. The van der Waals surface area contributed by atoms with Crippen LogP contribution >= 0.6 is 0 Å². The molecule has 3 rings (SSSR count). The smallest absolute Gasteiger partial charge is 0.0827 e. The Morgan fingerprint density at radius 1 is 1.14 bits per heavy atom. The molecule has 1 saturated heterocycles. The second-order valence-corrected chi connectivity index (χ2v) is 6.22. The average Bonchev–Trinajstić information content (AvgIpc) is 3.13. The molecule has 0 saturated carbocycles. The second kappa shape index (κ2) is 6.53. The lowest BCUT2D eigenvalue weighted by Crippen LogP contribution is -2.31. The summed E-state index contributed by atoms with van der Waals surface area (Å²) in [6, 6.07) is 11.3. The van der Waals surface area contributed by atoms with Crippen LogP contribution in [0.1, 0.15) is 35.8 Å². The van der Waals surface area contributed by atoms with Gasteiger partial charge in [-0.2, -0.15) is 5.10 Å². The molecule has 0 radical (unpaired) electrons. The van der Waals surface area contributed by atoms with Crippen molar-refractivity contribution in [2.24, 2.45) is 7.05 Å². The van der Waals surface area contributed by atoms with E-state index >= 15 is 0 Å². The van der Waals surface area contributed by atoms with Crippen LogP contribution in [0.2, 0.25) is 0 Å². The van der Waals surface area contributed by atoms with Crippen molar-refractivity contribution in [1.82, 2.24) is 14.7 Å². The molecular formula is C18H26N4. The number of anilines is 1. The summed E-state index contributed by atoms with van der Waals surface area (Å²) in [5.41, 5.74) is 4.86. The third-order valence-electron chi connectivity index (χ3n) is 4.75. The van der Waals surface area contributed by atoms with Crippen molar-refractivity contribution in [2.75, 3.05) is 25.0 Å². The molecule has 0 bridgehead atoms. The van der Waals surface area contributed by atoms with Gasteiger partial charge in [-0.05, 0) is 45.3 Å². The minimum absolute atomic E-state index is 0.433. The van der Waals surface area contributed by atoms with Crippen LogP contribution in [0, 0.1) is 13.8 Å². The summed E-state index contributed by atoms with van der Waals surface area (Å²) in [5.74, 6) is 0. The molecule has 2 aromatic rings. The summed E-state index contributed by atoms with van der Waals surface area (Å²) >= 11 is 0. The van der Waals surface area contributed by atoms with Gasteiger partial charge >= 0.3 is 0 Å². The molecule has 1 atom stereocenters. The van der Waals surface area contributed by atoms with Crippen LogP contribution in [0.15, 0.2) is 30.3 Å². The van der Waals surface area contributed by atoms with Gasteiger partial charge in [-0.3, -0.25) is 9.58 Å². The third kappa shape index (κ3) is 3.02. The van der Waals surface area contributed by atoms with E-state index < -0.39 is 0 Å². The van der Waals surface area contributed by atoms with Crippen molar-refractivity contribution < 1.29 is 0 Å². The highest BCUT2D eigenvalue weighted by Crippen LogP contribution is 2.27. The van der Waals surface area contributed by atoms with Gasteiger partial charge in [-0.1, -0.05) is 30.3 Å². The molecule has 1 aliphatic heterocycles. The second-order valence-electron chi connectivity index (χ2n) is 6.22. The maximum Gasteiger partial charge on any atom is 0.0827 e. The molecule has 1 aromatic heterocycles. The van der Waals surface area contributed by atoms with E-state index in [0.717, 1.165) is 12.2 Å². The number of aromatic nitrogens is 2. The van der Waals surface area contributed by atoms with Crippen molar-refractivity contribution in [3.05, 3.63) is 47.3 Å². The number of aryl methyl sites for hydroxylation is 2. The van der Waals surface area contributed by atoms with Gasteiger partial charge in [0.25, 0.3) is 0 Å². The van der Waals surface area contributed by atoms with E-state index in [2.05, 4.69) is 59.5 Å². The fourth-order valence-electron chi connectivity index (χ4n) is 3.41. The third-order valence-corrected chi connectivity index (χ3v) is 4.75. The standard InChI is InChI=1S/C18H26N4/c1-14-18(15(2)21(3)20-14)19-13-17(22-11-7-8-12-22)16-9-5-4-6-10-16/h4-6,9-10,17,19H,7-8,11-13H2,1-3H3. The van der Waals surface area contributed by atoms with Gasteiger partial charge in [0.2, 0.25) is 0 Å². The summed E-state index contributed by atoms with van der Waals surface area (Å²) in [6.07, 6.45) is 2.63. The molecule has 0 amide bonds. The lowest BCUT2D eigenvalue weighted by molar-refractivity contribution is 0.256. The Labute approximate surface area is 133 Å². The number of likely N-dealkylation sites (tertiary alicyclic amines) is 1. The Kier molecular flexibility index (Phi) is 4.48. The Bertz CT molecular complexity index is 612. The van der Waals surface area contributed by atoms with E-state index in [0.29, 0.717) is 6.04 Å². The predicted molar refractivity (Wildman–Crippen MR) is 91.2 cm³/mol. The molecule has 22 heavy (non-hydrogen) atoms. The van der Waals surface area contributed by atoms with Crippen LogP contribution in [0.3, 0.4) is 0 Å². The number of hydrogen-bond donors (Lipinski definition) is 1. The lowest BCUT2D eigenvalue weighted by Gasteiger charge is -2.28. The molecular weight excluding hydrogens is 272 g/mol. The first kappa shape index (κ1) is 15.1. The first-order chi connectivity index (χ1) is 10.7. The van der Waals surface area contributed by atoms with Gasteiger partial charge in [0, 0.05) is 13.6 Å². The van der Waals surface area contributed by atoms with E-state index in [9.17, 15) is 0 Å². The average molecular weight is 298 g/mol. The molecule has 1 fully saturated rings. The number of rotatable bonds is 5. The van der Waals surface area contributed by atoms with Crippen LogP contribution in [0.25, 0.3) is 0 Å². The number of benzene rings is 1. The molecule has 1 unspecified atom stereocenters. The largest absolute Gasteiger partial charge is 0.380 e. The Hall–Kier alpha value is -1.81. The summed E-state index contributed by atoms with van der Waals surface area (Å²) in [7, 11) is 2.00. The Balaban J connectivity index is 1.78. The topological polar surface area (TPSA) is 33.1 Å². The Morgan fingerprint density at radius 3 is 2.41 bits per heavy atom. The van der Waals surface area contributed by atoms with Crippen molar-refractivity contribution >= 4 is 5.69 Å². The summed E-state index contributed by atoms with van der Waals surface area (Å²) in [6.45, 7) is 7.52. The molecule has 0 spiro atoms. The molecule has 1 aliphatic rings. The van der Waals surface area contributed by atoms with Gasteiger partial charge in [-0.25, -0.2) is 0 Å². The molecule has 2 heterocycles. The SMILES string of the molecule is Cc1nn(C)c(C)c1NCC(c1ccccc1)N1CCCC1. The number of hydrogen-bond acceptors (Lipinski definition) is 3. The minimum atomic E-state index is 0.433. The molecule has 1 N–H and O–H groups in total. The van der Waals surface area contributed by atoms with Crippen LogP contribution < -0.4 is 5.32 Å². The summed E-state index contributed by atoms with van der Waals surface area (Å²) in [5, 5.41) is 8.15. The summed E-state index contributed by atoms with van der Waals surface area (Å²) < 4.78 is 1.95. The van der Waals surface area contributed by atoms with E-state index in [1.165, 1.54) is 42.9 Å². The number of nitrogens with one attached hydrogen (secondary N) is 1. The maximum atomic E-state index is 4.50. The zero-order valence-corrected chi connectivity index (χ0v) is 13.8. The fourth-order valence-corrected chi connectivity index (χ4v) is 3.41. The van der Waals surface area contributed by atoms with Crippen molar-refractivity contribution in [2.45, 2.75) is 32.7 Å². The van der Waals surface area contributed by atoms with E-state index in [1.807, 2.05) is 11.7 Å². The van der Waals surface area contributed by atoms with Gasteiger partial charge < -0.3 is 5.32 Å². The summed E-state index contributed by atoms with van der Waals surface area (Å²) in [4.78, 5) is 2.60. The van der Waals surface area contributed by atoms with Crippen LogP contribution in [-0.2, 0) is 7.05 Å². The maximum absolute atomic E-state index is 4.50. The van der Waals surface area contributed by atoms with E-state index in [-0.39, 0.29) is 0 Å².